The number of nitrogens with one attached hydrogen (secondary N) is 2. The van der Waals surface area contributed by atoms with Gasteiger partial charge in [-0.15, -0.1) is 0 Å². The van der Waals surface area contributed by atoms with Crippen molar-refractivity contribution < 1.29 is 31.1 Å². The van der Waals surface area contributed by atoms with E-state index in [-0.39, 0.29) is 11.2 Å². The van der Waals surface area contributed by atoms with Crippen LogP contribution >= 0.6 is 0 Å². The lowest BCUT2D eigenvalue weighted by atomic mass is 10.4. The van der Waals surface area contributed by atoms with Crippen molar-refractivity contribution in [3.8, 4) is 6.01 Å². The first-order chi connectivity index (χ1) is 12.2. The van der Waals surface area contributed by atoms with Crippen molar-refractivity contribution in [2.75, 3.05) is 12.4 Å². The molecule has 0 bridgehead atoms. The fraction of sp³-hybridized carbons (Fsp3) is 0.231. The fourth-order valence-corrected chi connectivity index (χ4v) is 2.80. The lowest BCUT2D eigenvalue weighted by molar-refractivity contribution is -0.145. The van der Waals surface area contributed by atoms with Gasteiger partial charge in [-0.1, -0.05) is 18.2 Å². The predicted octanol–water partition coefficient (Wildman–Crippen LogP) is 0.814. The van der Waals surface area contributed by atoms with E-state index in [2.05, 4.69) is 25.0 Å². The van der Waals surface area contributed by atoms with Gasteiger partial charge in [-0.25, -0.2) is 8.42 Å². The molecule has 1 unspecified atom stereocenters. The van der Waals surface area contributed by atoms with Gasteiger partial charge in [0.2, 0.25) is 21.8 Å². The van der Waals surface area contributed by atoms with Gasteiger partial charge in [0.05, 0.1) is 12.0 Å². The van der Waals surface area contributed by atoms with Gasteiger partial charge in [-0.3, -0.25) is 4.79 Å². The third kappa shape index (κ3) is 4.86. The first-order valence-electron chi connectivity index (χ1n) is 6.82. The molecule has 0 spiro atoms. The normalized spacial score (nSPS) is 13.1. The molecule has 13 heteroatoms. The minimum absolute atomic E-state index is 0.129. The number of hydrogen-bond acceptors (Lipinski definition) is 8. The van der Waals surface area contributed by atoms with Crippen molar-refractivity contribution >= 4 is 22.3 Å². The molecule has 140 valence electrons. The lowest BCUT2D eigenvalue weighted by Gasteiger charge is -2.16. The number of carbonyl (C=O) groups is 1. The van der Waals surface area contributed by atoms with Gasteiger partial charge in [0.25, 0.3) is 0 Å². The molecule has 2 aromatic rings. The molecule has 0 aliphatic carbocycles. The summed E-state index contributed by atoms with van der Waals surface area (Å²) < 4.78 is 69.2. The Hall–Kier alpha value is -2.80. The first-order valence-corrected chi connectivity index (χ1v) is 8.30. The number of nitrogens with zero attached hydrogens (tertiary/aromatic N) is 3. The smallest absolute Gasteiger partial charge is 0.451 e. The van der Waals surface area contributed by atoms with Crippen LogP contribution in [0.5, 0.6) is 6.01 Å². The average Bonchev–Trinajstić information content (AvgIpc) is 2.60. The van der Waals surface area contributed by atoms with E-state index in [0.29, 0.717) is 0 Å². The van der Waals surface area contributed by atoms with Crippen LogP contribution in [0.1, 0.15) is 5.82 Å². The van der Waals surface area contributed by atoms with Crippen molar-refractivity contribution in [1.29, 1.82) is 0 Å². The number of aromatic nitrogens is 3. The molecule has 1 atom stereocenters. The van der Waals surface area contributed by atoms with Crippen molar-refractivity contribution in [1.82, 2.24) is 19.7 Å². The Balaban J connectivity index is 2.26. The van der Waals surface area contributed by atoms with Crippen LogP contribution in [-0.4, -0.2) is 42.9 Å². The fourth-order valence-electron chi connectivity index (χ4n) is 1.70. The standard InChI is InChI=1S/C13H12F3N5O4S/c1-25-12-19-10(13(14,15)16)18-11(20-12)17-9(7-22)21-26(23,24)8-5-3-2-4-6-8/h2-7,9,21H,1H3,(H,17,18,19,20). The van der Waals surface area contributed by atoms with Crippen LogP contribution in [0.15, 0.2) is 35.2 Å². The predicted molar refractivity (Wildman–Crippen MR) is 81.6 cm³/mol. The summed E-state index contributed by atoms with van der Waals surface area (Å²) in [5.41, 5.74) is 0. The highest BCUT2D eigenvalue weighted by Gasteiger charge is 2.36. The van der Waals surface area contributed by atoms with Crippen LogP contribution in [0.25, 0.3) is 0 Å². The Bertz CT molecular complexity index is 877. The molecular formula is C13H12F3N5O4S. The number of anilines is 1. The SMILES string of the molecule is COc1nc(NC(C=O)NS(=O)(=O)c2ccccc2)nc(C(F)(F)F)n1. The van der Waals surface area contributed by atoms with E-state index in [1.807, 2.05) is 4.72 Å². The monoisotopic (exact) mass is 391 g/mol. The summed E-state index contributed by atoms with van der Waals surface area (Å²) >= 11 is 0. The molecule has 0 aliphatic rings. The van der Waals surface area contributed by atoms with Crippen LogP contribution in [0.2, 0.25) is 0 Å². The second-order valence-corrected chi connectivity index (χ2v) is 6.37. The molecule has 2 N–H and O–H groups in total. The number of aldehydes is 1. The third-order valence-corrected chi connectivity index (χ3v) is 4.26. The first kappa shape index (κ1) is 19.5. The topological polar surface area (TPSA) is 123 Å². The van der Waals surface area contributed by atoms with Gasteiger partial charge in [0.15, 0.2) is 6.29 Å². The van der Waals surface area contributed by atoms with Gasteiger partial charge < -0.3 is 10.1 Å². The summed E-state index contributed by atoms with van der Waals surface area (Å²) in [6.45, 7) is 0. The summed E-state index contributed by atoms with van der Waals surface area (Å²) in [4.78, 5) is 20.7. The molecule has 26 heavy (non-hydrogen) atoms. The highest BCUT2D eigenvalue weighted by molar-refractivity contribution is 7.89. The Labute approximate surface area is 145 Å². The second kappa shape index (κ2) is 7.61. The Morgan fingerprint density at radius 3 is 2.35 bits per heavy atom. The molecule has 0 radical (unpaired) electrons. The maximum absolute atomic E-state index is 12.8. The van der Waals surface area contributed by atoms with Crippen molar-refractivity contribution in [2.45, 2.75) is 17.2 Å². The highest BCUT2D eigenvalue weighted by Crippen LogP contribution is 2.27. The average molecular weight is 391 g/mol. The van der Waals surface area contributed by atoms with Crippen molar-refractivity contribution in [3.05, 3.63) is 36.2 Å². The van der Waals surface area contributed by atoms with Crippen LogP contribution in [0.3, 0.4) is 0 Å². The molecule has 0 saturated heterocycles. The molecule has 1 aromatic carbocycles. The molecule has 0 fully saturated rings. The van der Waals surface area contributed by atoms with Crippen LogP contribution in [-0.2, 0) is 21.0 Å². The minimum atomic E-state index is -4.90. The van der Waals surface area contributed by atoms with Gasteiger partial charge in [0, 0.05) is 0 Å². The molecule has 2 rings (SSSR count). The van der Waals surface area contributed by atoms with E-state index in [1.54, 1.807) is 6.07 Å². The van der Waals surface area contributed by atoms with Gasteiger partial charge in [-0.2, -0.15) is 32.8 Å². The lowest BCUT2D eigenvalue weighted by Crippen LogP contribution is -2.42. The highest BCUT2D eigenvalue weighted by atomic mass is 32.2. The number of ether oxygens (including phenoxy) is 1. The van der Waals surface area contributed by atoms with E-state index in [9.17, 15) is 26.4 Å². The molecule has 0 aliphatic heterocycles. The quantitative estimate of drug-likeness (QED) is 0.525. The summed E-state index contributed by atoms with van der Waals surface area (Å²) in [7, 11) is -3.08. The van der Waals surface area contributed by atoms with E-state index < -0.39 is 40.1 Å². The number of halogens is 3. The number of alkyl halides is 3. The van der Waals surface area contributed by atoms with E-state index in [4.69, 9.17) is 0 Å². The third-order valence-electron chi connectivity index (χ3n) is 2.81. The maximum atomic E-state index is 12.8. The molecule has 1 aromatic heterocycles. The van der Waals surface area contributed by atoms with Gasteiger partial charge in [0.1, 0.15) is 6.17 Å². The minimum Gasteiger partial charge on any atom is -0.467 e. The van der Waals surface area contributed by atoms with Gasteiger partial charge >= 0.3 is 12.2 Å². The number of rotatable bonds is 7. The van der Waals surface area contributed by atoms with Crippen LogP contribution in [0.4, 0.5) is 19.1 Å². The van der Waals surface area contributed by atoms with E-state index >= 15 is 0 Å². The Morgan fingerprint density at radius 1 is 1.15 bits per heavy atom. The van der Waals surface area contributed by atoms with Gasteiger partial charge in [-0.05, 0) is 12.1 Å². The summed E-state index contributed by atoms with van der Waals surface area (Å²) in [5, 5.41) is 2.14. The molecule has 1 heterocycles. The number of carbonyl (C=O) groups excluding carboxylic acids is 1. The van der Waals surface area contributed by atoms with E-state index in [1.165, 1.54) is 24.3 Å². The molecule has 0 amide bonds. The van der Waals surface area contributed by atoms with Crippen LogP contribution < -0.4 is 14.8 Å². The van der Waals surface area contributed by atoms with E-state index in [0.717, 1.165) is 7.11 Å². The number of methoxy groups -OCH3 is 1. The molecule has 9 nitrogen and oxygen atoms in total. The summed E-state index contributed by atoms with van der Waals surface area (Å²) in [6.07, 6.45) is -6.40. The van der Waals surface area contributed by atoms with Crippen LogP contribution in [0, 0.1) is 0 Å². The zero-order chi connectivity index (χ0) is 19.4. The number of sulfonamides is 1. The Morgan fingerprint density at radius 2 is 1.81 bits per heavy atom. The van der Waals surface area contributed by atoms with Crippen molar-refractivity contribution in [2.24, 2.45) is 0 Å². The number of hydrogen-bond donors (Lipinski definition) is 2. The van der Waals surface area contributed by atoms with Crippen molar-refractivity contribution in [3.63, 3.8) is 0 Å². The number of benzene rings is 1. The molecule has 0 saturated carbocycles. The molecular weight excluding hydrogens is 379 g/mol. The second-order valence-electron chi connectivity index (χ2n) is 4.66. The Kier molecular flexibility index (Phi) is 5.72. The summed E-state index contributed by atoms with van der Waals surface area (Å²) in [6, 6.07) is 6.40. The largest absolute Gasteiger partial charge is 0.467 e. The maximum Gasteiger partial charge on any atom is 0.451 e. The summed E-state index contributed by atoms with van der Waals surface area (Å²) in [5.74, 6) is -2.26. The zero-order valence-electron chi connectivity index (χ0n) is 13.1. The zero-order valence-corrected chi connectivity index (χ0v) is 13.9.